The van der Waals surface area contributed by atoms with Gasteiger partial charge in [-0.2, -0.15) is 0 Å². The number of allylic oxidation sites excluding steroid dienone is 6. The summed E-state index contributed by atoms with van der Waals surface area (Å²) in [5, 5.41) is 0. The van der Waals surface area contributed by atoms with Crippen molar-refractivity contribution in [1.29, 1.82) is 0 Å². The monoisotopic (exact) mass is 226 g/mol. The van der Waals surface area contributed by atoms with E-state index in [-0.39, 0.29) is 25.4 Å². The first-order valence-corrected chi connectivity index (χ1v) is 4.26. The Kier molecular flexibility index (Phi) is 5.82. The second-order valence-corrected chi connectivity index (χ2v) is 3.28. The van der Waals surface area contributed by atoms with Gasteiger partial charge >= 0.3 is 0 Å². The van der Waals surface area contributed by atoms with Gasteiger partial charge in [0.2, 0.25) is 0 Å². The summed E-state index contributed by atoms with van der Waals surface area (Å²) in [5.41, 5.74) is 1.27. The van der Waals surface area contributed by atoms with Gasteiger partial charge in [0.25, 0.3) is 0 Å². The SMILES string of the molecule is CC(C)C1=CC=CC(C=O)C=C1.[Zn]. The van der Waals surface area contributed by atoms with E-state index in [0.717, 1.165) is 6.29 Å². The zero-order chi connectivity index (χ0) is 8.97. The van der Waals surface area contributed by atoms with Crippen molar-refractivity contribution in [2.75, 3.05) is 0 Å². The van der Waals surface area contributed by atoms with E-state index in [4.69, 9.17) is 0 Å². The van der Waals surface area contributed by atoms with E-state index in [1.165, 1.54) is 5.57 Å². The first-order chi connectivity index (χ1) is 5.74. The summed E-state index contributed by atoms with van der Waals surface area (Å²) in [4.78, 5) is 10.5. The van der Waals surface area contributed by atoms with Gasteiger partial charge in [-0.1, -0.05) is 44.2 Å². The standard InChI is InChI=1S/C11H14O.Zn/c1-9(2)11-5-3-4-10(8-12)6-7-11;/h3-10H,1-2H3;. The van der Waals surface area contributed by atoms with Gasteiger partial charge in [0.05, 0.1) is 5.92 Å². The molecule has 2 heteroatoms. The molecule has 1 nitrogen and oxygen atoms in total. The number of hydrogen-bond donors (Lipinski definition) is 0. The Hall–Kier alpha value is -0.487. The number of aldehydes is 1. The summed E-state index contributed by atoms with van der Waals surface area (Å²) < 4.78 is 0. The second kappa shape index (κ2) is 6.04. The molecular formula is C11H14OZn. The number of hydrogen-bond acceptors (Lipinski definition) is 1. The Morgan fingerprint density at radius 3 is 2.62 bits per heavy atom. The predicted octanol–water partition coefficient (Wildman–Crippen LogP) is 2.51. The molecule has 0 N–H and O–H groups in total. The molecule has 1 aliphatic carbocycles. The Bertz CT molecular complexity index is 249. The summed E-state index contributed by atoms with van der Waals surface area (Å²) in [6.45, 7) is 4.29. The maximum absolute atomic E-state index is 10.5. The second-order valence-electron chi connectivity index (χ2n) is 3.28. The molecule has 1 atom stereocenters. The largest absolute Gasteiger partial charge is 0.302 e. The van der Waals surface area contributed by atoms with Crippen LogP contribution in [0.25, 0.3) is 0 Å². The minimum atomic E-state index is -0.0440. The third kappa shape index (κ3) is 3.82. The summed E-state index contributed by atoms with van der Waals surface area (Å²) in [6, 6.07) is 0. The summed E-state index contributed by atoms with van der Waals surface area (Å²) in [7, 11) is 0. The smallest absolute Gasteiger partial charge is 0.130 e. The van der Waals surface area contributed by atoms with Gasteiger partial charge in [0.15, 0.2) is 0 Å². The first kappa shape index (κ1) is 12.5. The Morgan fingerprint density at radius 2 is 2.08 bits per heavy atom. The van der Waals surface area contributed by atoms with Crippen molar-refractivity contribution in [3.05, 3.63) is 36.0 Å². The Labute approximate surface area is 92.4 Å². The van der Waals surface area contributed by atoms with Crippen molar-refractivity contribution in [2.24, 2.45) is 11.8 Å². The molecule has 0 aromatic heterocycles. The molecule has 0 heterocycles. The van der Waals surface area contributed by atoms with Crippen LogP contribution < -0.4 is 0 Å². The van der Waals surface area contributed by atoms with E-state index in [9.17, 15) is 4.79 Å². The van der Waals surface area contributed by atoms with Crippen LogP contribution in [0.3, 0.4) is 0 Å². The van der Waals surface area contributed by atoms with Crippen molar-refractivity contribution in [2.45, 2.75) is 13.8 Å². The molecule has 1 aliphatic rings. The average Bonchev–Trinajstić information content (AvgIpc) is 2.28. The summed E-state index contributed by atoms with van der Waals surface area (Å²) in [5.74, 6) is 0.480. The van der Waals surface area contributed by atoms with Crippen LogP contribution in [0.2, 0.25) is 0 Å². The first-order valence-electron chi connectivity index (χ1n) is 4.26. The van der Waals surface area contributed by atoms with Crippen LogP contribution in [-0.2, 0) is 24.3 Å². The molecule has 1 unspecified atom stereocenters. The maximum Gasteiger partial charge on any atom is 0.130 e. The van der Waals surface area contributed by atoms with Crippen LogP contribution in [-0.4, -0.2) is 6.29 Å². The van der Waals surface area contributed by atoms with Gasteiger partial charge in [0, 0.05) is 19.5 Å². The van der Waals surface area contributed by atoms with Crippen LogP contribution >= 0.6 is 0 Å². The minimum Gasteiger partial charge on any atom is -0.302 e. The Morgan fingerprint density at radius 1 is 1.38 bits per heavy atom. The maximum atomic E-state index is 10.5. The zero-order valence-corrected chi connectivity index (χ0v) is 11.2. The van der Waals surface area contributed by atoms with Crippen molar-refractivity contribution in [3.63, 3.8) is 0 Å². The van der Waals surface area contributed by atoms with Crippen LogP contribution in [0.15, 0.2) is 36.0 Å². The van der Waals surface area contributed by atoms with Crippen LogP contribution in [0.1, 0.15) is 13.8 Å². The summed E-state index contributed by atoms with van der Waals surface area (Å²) in [6.07, 6.45) is 10.8. The van der Waals surface area contributed by atoms with Gasteiger partial charge < -0.3 is 4.79 Å². The van der Waals surface area contributed by atoms with Gasteiger partial charge in [-0.05, 0) is 11.5 Å². The van der Waals surface area contributed by atoms with E-state index in [1.807, 2.05) is 24.3 Å². The molecule has 0 aromatic carbocycles. The average molecular weight is 228 g/mol. The third-order valence-corrected chi connectivity index (χ3v) is 1.96. The van der Waals surface area contributed by atoms with Crippen molar-refractivity contribution < 1.29 is 24.3 Å². The van der Waals surface area contributed by atoms with Crippen LogP contribution in [0.5, 0.6) is 0 Å². The van der Waals surface area contributed by atoms with E-state index < -0.39 is 0 Å². The third-order valence-electron chi connectivity index (χ3n) is 1.96. The van der Waals surface area contributed by atoms with Crippen molar-refractivity contribution in [1.82, 2.24) is 0 Å². The molecule has 0 amide bonds. The number of carbonyl (C=O) groups excluding carboxylic acids is 1. The van der Waals surface area contributed by atoms with E-state index in [2.05, 4.69) is 19.9 Å². The van der Waals surface area contributed by atoms with Gasteiger partial charge in [-0.15, -0.1) is 0 Å². The molecule has 0 aliphatic heterocycles. The van der Waals surface area contributed by atoms with E-state index in [1.54, 1.807) is 0 Å². The molecular weight excluding hydrogens is 214 g/mol. The Balaban J connectivity index is 0.00000144. The molecule has 1 rings (SSSR count). The quantitative estimate of drug-likeness (QED) is 0.523. The fourth-order valence-electron chi connectivity index (χ4n) is 1.11. The number of carbonyl (C=O) groups is 1. The molecule has 0 bridgehead atoms. The molecule has 0 aromatic rings. The van der Waals surface area contributed by atoms with E-state index >= 15 is 0 Å². The van der Waals surface area contributed by atoms with Crippen molar-refractivity contribution in [3.8, 4) is 0 Å². The molecule has 0 fully saturated rings. The molecule has 0 saturated heterocycles. The normalized spacial score (nSPS) is 20.5. The fraction of sp³-hybridized carbons (Fsp3) is 0.364. The van der Waals surface area contributed by atoms with Gasteiger partial charge in [-0.25, -0.2) is 0 Å². The zero-order valence-electron chi connectivity index (χ0n) is 8.23. The van der Waals surface area contributed by atoms with E-state index in [0.29, 0.717) is 5.92 Å². The fourth-order valence-corrected chi connectivity index (χ4v) is 1.11. The van der Waals surface area contributed by atoms with Crippen LogP contribution in [0, 0.1) is 11.8 Å². The molecule has 0 radical (unpaired) electrons. The van der Waals surface area contributed by atoms with Crippen LogP contribution in [0.4, 0.5) is 0 Å². The minimum absolute atomic E-state index is 0. The van der Waals surface area contributed by atoms with Gasteiger partial charge in [0.1, 0.15) is 6.29 Å². The topological polar surface area (TPSA) is 17.1 Å². The predicted molar refractivity (Wildman–Crippen MR) is 50.8 cm³/mol. The molecule has 0 spiro atoms. The molecule has 66 valence electrons. The van der Waals surface area contributed by atoms with Crippen molar-refractivity contribution >= 4 is 6.29 Å². The molecule has 13 heavy (non-hydrogen) atoms. The number of rotatable bonds is 2. The summed E-state index contributed by atoms with van der Waals surface area (Å²) >= 11 is 0. The van der Waals surface area contributed by atoms with Gasteiger partial charge in [-0.3, -0.25) is 0 Å². The molecule has 0 saturated carbocycles.